The predicted molar refractivity (Wildman–Crippen MR) is 115 cm³/mol. The minimum absolute atomic E-state index is 0.0465. The highest BCUT2D eigenvalue weighted by atomic mass is 16.2. The van der Waals surface area contributed by atoms with E-state index in [0.29, 0.717) is 22.5 Å². The zero-order valence-electron chi connectivity index (χ0n) is 17.2. The average Bonchev–Trinajstić information content (AvgIpc) is 2.66. The van der Waals surface area contributed by atoms with Crippen LogP contribution < -0.4 is 21.3 Å². The smallest absolute Gasteiger partial charge is 0.251 e. The maximum Gasteiger partial charge on any atom is 0.251 e. The summed E-state index contributed by atoms with van der Waals surface area (Å²) in [5.41, 5.74) is 2.34. The van der Waals surface area contributed by atoms with Gasteiger partial charge in [-0.15, -0.1) is 0 Å². The van der Waals surface area contributed by atoms with E-state index in [1.807, 2.05) is 27.7 Å². The number of rotatable bonds is 8. The van der Waals surface area contributed by atoms with E-state index >= 15 is 0 Å². The summed E-state index contributed by atoms with van der Waals surface area (Å²) in [5.74, 6) is -0.544. The monoisotopic (exact) mass is 396 g/mol. The number of nitrogens with one attached hydrogen (secondary N) is 4. The molecule has 7 heteroatoms. The molecule has 7 nitrogen and oxygen atoms in total. The van der Waals surface area contributed by atoms with Gasteiger partial charge in [0.15, 0.2) is 0 Å². The van der Waals surface area contributed by atoms with Crippen molar-refractivity contribution in [3.63, 3.8) is 0 Å². The van der Waals surface area contributed by atoms with Crippen molar-refractivity contribution >= 4 is 29.1 Å². The van der Waals surface area contributed by atoms with Gasteiger partial charge in [0, 0.05) is 34.6 Å². The van der Waals surface area contributed by atoms with Gasteiger partial charge in [-0.25, -0.2) is 0 Å². The first-order chi connectivity index (χ1) is 13.7. The third-order valence-corrected chi connectivity index (χ3v) is 3.85. The fourth-order valence-electron chi connectivity index (χ4n) is 2.55. The molecule has 0 radical (unpaired) electrons. The molecule has 0 aliphatic heterocycles. The highest BCUT2D eigenvalue weighted by Crippen LogP contribution is 2.12. The summed E-state index contributed by atoms with van der Waals surface area (Å²) in [7, 11) is 0. The van der Waals surface area contributed by atoms with Crippen LogP contribution in [0.2, 0.25) is 0 Å². The van der Waals surface area contributed by atoms with Gasteiger partial charge >= 0.3 is 0 Å². The van der Waals surface area contributed by atoms with Crippen LogP contribution in [0, 0.1) is 0 Å². The molecule has 0 atom stereocenters. The molecule has 0 aliphatic rings. The summed E-state index contributed by atoms with van der Waals surface area (Å²) >= 11 is 0. The molecule has 0 heterocycles. The lowest BCUT2D eigenvalue weighted by Crippen LogP contribution is -2.30. The largest absolute Gasteiger partial charge is 0.376 e. The topological polar surface area (TPSA) is 99.3 Å². The predicted octanol–water partition coefficient (Wildman–Crippen LogP) is 3.01. The Balaban J connectivity index is 1.88. The maximum absolute atomic E-state index is 12.2. The van der Waals surface area contributed by atoms with Gasteiger partial charge in [-0.05, 0) is 70.2 Å². The normalized spacial score (nSPS) is 10.6. The number of anilines is 2. The zero-order valence-corrected chi connectivity index (χ0v) is 17.2. The number of carbonyl (C=O) groups excluding carboxylic acids is 3. The van der Waals surface area contributed by atoms with Crippen molar-refractivity contribution < 1.29 is 14.4 Å². The van der Waals surface area contributed by atoms with E-state index in [9.17, 15) is 14.4 Å². The highest BCUT2D eigenvalue weighted by Gasteiger charge is 2.09. The first kappa shape index (κ1) is 21.9. The van der Waals surface area contributed by atoms with Crippen molar-refractivity contribution in [2.24, 2.45) is 0 Å². The van der Waals surface area contributed by atoms with Gasteiger partial charge < -0.3 is 21.3 Å². The lowest BCUT2D eigenvalue weighted by atomic mass is 10.1. The Morgan fingerprint density at radius 2 is 1.34 bits per heavy atom. The third-order valence-electron chi connectivity index (χ3n) is 3.85. The van der Waals surface area contributed by atoms with Gasteiger partial charge in [0.05, 0.1) is 6.54 Å². The van der Waals surface area contributed by atoms with Crippen molar-refractivity contribution in [1.29, 1.82) is 0 Å². The molecule has 3 amide bonds. The van der Waals surface area contributed by atoms with Gasteiger partial charge in [-0.1, -0.05) is 6.07 Å². The summed E-state index contributed by atoms with van der Waals surface area (Å²) < 4.78 is 0. The number of benzene rings is 2. The quantitative estimate of drug-likeness (QED) is 0.551. The van der Waals surface area contributed by atoms with Crippen LogP contribution in [0.5, 0.6) is 0 Å². The zero-order chi connectivity index (χ0) is 21.4. The summed E-state index contributed by atoms with van der Waals surface area (Å²) in [6.45, 7) is 7.63. The number of amides is 3. The molecular weight excluding hydrogens is 368 g/mol. The fourth-order valence-corrected chi connectivity index (χ4v) is 2.55. The molecule has 154 valence electrons. The van der Waals surface area contributed by atoms with Crippen LogP contribution >= 0.6 is 0 Å². The van der Waals surface area contributed by atoms with E-state index in [1.54, 1.807) is 48.5 Å². The molecule has 2 aromatic carbocycles. The molecule has 0 unspecified atom stereocenters. The van der Waals surface area contributed by atoms with Crippen LogP contribution in [0.3, 0.4) is 0 Å². The Bertz CT molecular complexity index is 861. The van der Waals surface area contributed by atoms with Crippen molar-refractivity contribution in [3.05, 3.63) is 59.7 Å². The SMILES string of the molecule is CC(C)NC(=O)c1ccc(NC(=O)CNc2cccc(C(=O)NC(C)C)c2)cc1. The number of carbonyl (C=O) groups is 3. The minimum atomic E-state index is -0.235. The number of hydrogen-bond acceptors (Lipinski definition) is 4. The Kier molecular flexibility index (Phi) is 7.77. The second kappa shape index (κ2) is 10.3. The van der Waals surface area contributed by atoms with Crippen LogP contribution in [0.4, 0.5) is 11.4 Å². The van der Waals surface area contributed by atoms with Crippen molar-refractivity contribution in [1.82, 2.24) is 10.6 Å². The molecule has 29 heavy (non-hydrogen) atoms. The third kappa shape index (κ3) is 7.29. The molecular formula is C22H28N4O3. The summed E-state index contributed by atoms with van der Waals surface area (Å²) in [6.07, 6.45) is 0. The van der Waals surface area contributed by atoms with Gasteiger partial charge in [0.25, 0.3) is 11.8 Å². The van der Waals surface area contributed by atoms with E-state index < -0.39 is 0 Å². The Morgan fingerprint density at radius 3 is 1.93 bits per heavy atom. The first-order valence-corrected chi connectivity index (χ1v) is 9.60. The van der Waals surface area contributed by atoms with Gasteiger partial charge in [0.2, 0.25) is 5.91 Å². The molecule has 0 spiro atoms. The Hall–Kier alpha value is -3.35. The van der Waals surface area contributed by atoms with Crippen LogP contribution in [0.15, 0.2) is 48.5 Å². The van der Waals surface area contributed by atoms with Gasteiger partial charge in [-0.3, -0.25) is 14.4 Å². The first-order valence-electron chi connectivity index (χ1n) is 9.60. The van der Waals surface area contributed by atoms with Gasteiger partial charge in [0.1, 0.15) is 0 Å². The summed E-state index contributed by atoms with van der Waals surface area (Å²) in [4.78, 5) is 36.2. The molecule has 0 saturated carbocycles. The van der Waals surface area contributed by atoms with E-state index in [4.69, 9.17) is 0 Å². The molecule has 2 rings (SSSR count). The second-order valence-corrected chi connectivity index (χ2v) is 7.32. The second-order valence-electron chi connectivity index (χ2n) is 7.32. The van der Waals surface area contributed by atoms with Crippen molar-refractivity contribution in [3.8, 4) is 0 Å². The van der Waals surface area contributed by atoms with Crippen molar-refractivity contribution in [2.75, 3.05) is 17.2 Å². The highest BCUT2D eigenvalue weighted by molar-refractivity contribution is 5.97. The molecule has 0 fully saturated rings. The summed E-state index contributed by atoms with van der Waals surface area (Å²) in [5, 5.41) is 11.4. The van der Waals surface area contributed by atoms with E-state index in [-0.39, 0.29) is 36.3 Å². The Morgan fingerprint density at radius 1 is 0.759 bits per heavy atom. The molecule has 4 N–H and O–H groups in total. The van der Waals surface area contributed by atoms with E-state index in [0.717, 1.165) is 0 Å². The summed E-state index contributed by atoms with van der Waals surface area (Å²) in [6, 6.07) is 13.8. The fraction of sp³-hybridized carbons (Fsp3) is 0.318. The van der Waals surface area contributed by atoms with E-state index in [2.05, 4.69) is 21.3 Å². The standard InChI is InChI=1S/C22H28N4O3/c1-14(2)24-21(28)16-8-10-18(11-9-16)26-20(27)13-23-19-7-5-6-17(12-19)22(29)25-15(3)4/h5-12,14-15,23H,13H2,1-4H3,(H,24,28)(H,25,29)(H,26,27). The van der Waals surface area contributed by atoms with Crippen LogP contribution in [0.25, 0.3) is 0 Å². The average molecular weight is 396 g/mol. The van der Waals surface area contributed by atoms with Crippen LogP contribution in [-0.4, -0.2) is 36.3 Å². The van der Waals surface area contributed by atoms with Crippen LogP contribution in [0.1, 0.15) is 48.4 Å². The molecule has 2 aromatic rings. The molecule has 0 aromatic heterocycles. The Labute approximate surface area is 171 Å². The molecule has 0 bridgehead atoms. The van der Waals surface area contributed by atoms with Crippen molar-refractivity contribution in [2.45, 2.75) is 39.8 Å². The molecule has 0 saturated heterocycles. The lowest BCUT2D eigenvalue weighted by Gasteiger charge is -2.11. The lowest BCUT2D eigenvalue weighted by molar-refractivity contribution is -0.114. The van der Waals surface area contributed by atoms with Gasteiger partial charge in [-0.2, -0.15) is 0 Å². The molecule has 0 aliphatic carbocycles. The van der Waals surface area contributed by atoms with Crippen LogP contribution in [-0.2, 0) is 4.79 Å². The minimum Gasteiger partial charge on any atom is -0.376 e. The maximum atomic E-state index is 12.2. The number of hydrogen-bond donors (Lipinski definition) is 4. The van der Waals surface area contributed by atoms with E-state index in [1.165, 1.54) is 0 Å².